The predicted molar refractivity (Wildman–Crippen MR) is 104 cm³/mol. The number of thiophene rings is 1. The fourth-order valence-corrected chi connectivity index (χ4v) is 3.31. The van der Waals surface area contributed by atoms with Crippen LogP contribution in [0.25, 0.3) is 0 Å². The molecule has 25 heavy (non-hydrogen) atoms. The summed E-state index contributed by atoms with van der Waals surface area (Å²) in [6.07, 6.45) is 2.01. The number of carbonyl (C=O) groups excluding carboxylic acids is 1. The number of amides is 2. The van der Waals surface area contributed by atoms with Crippen molar-refractivity contribution in [2.75, 3.05) is 0 Å². The normalized spacial score (nSPS) is 12.0. The van der Waals surface area contributed by atoms with Crippen LogP contribution in [0, 0.1) is 6.92 Å². The fraction of sp³-hybridized carbons (Fsp3) is 0.450. The minimum absolute atomic E-state index is 0.112. The van der Waals surface area contributed by atoms with Crippen LogP contribution in [0.1, 0.15) is 42.5 Å². The zero-order valence-electron chi connectivity index (χ0n) is 15.5. The van der Waals surface area contributed by atoms with Gasteiger partial charge in [0.15, 0.2) is 0 Å². The predicted octanol–water partition coefficient (Wildman–Crippen LogP) is 4.66. The second-order valence-corrected chi connectivity index (χ2v) is 7.96. The van der Waals surface area contributed by atoms with Gasteiger partial charge in [-0.05, 0) is 70.4 Å². The van der Waals surface area contributed by atoms with Crippen LogP contribution in [0.5, 0.6) is 5.75 Å². The van der Waals surface area contributed by atoms with Gasteiger partial charge in [-0.1, -0.05) is 12.1 Å². The number of hydrogen-bond donors (Lipinski definition) is 2. The van der Waals surface area contributed by atoms with Crippen molar-refractivity contribution < 1.29 is 9.53 Å². The first-order chi connectivity index (χ1) is 11.9. The molecule has 5 heteroatoms. The molecule has 1 unspecified atom stereocenters. The van der Waals surface area contributed by atoms with E-state index in [2.05, 4.69) is 41.8 Å². The van der Waals surface area contributed by atoms with Crippen LogP contribution < -0.4 is 15.4 Å². The maximum atomic E-state index is 12.0. The Morgan fingerprint density at radius 3 is 2.44 bits per heavy atom. The Balaban J connectivity index is 1.68. The molecule has 1 heterocycles. The van der Waals surface area contributed by atoms with Gasteiger partial charge in [-0.15, -0.1) is 11.3 Å². The molecule has 0 aliphatic rings. The van der Waals surface area contributed by atoms with Crippen molar-refractivity contribution in [2.45, 2.75) is 59.2 Å². The molecule has 0 radical (unpaired) electrons. The Morgan fingerprint density at radius 1 is 1.12 bits per heavy atom. The molecule has 1 aromatic carbocycles. The summed E-state index contributed by atoms with van der Waals surface area (Å²) < 4.78 is 5.65. The van der Waals surface area contributed by atoms with E-state index in [1.165, 1.54) is 15.3 Å². The molecule has 0 aliphatic heterocycles. The van der Waals surface area contributed by atoms with Crippen molar-refractivity contribution in [3.05, 3.63) is 51.7 Å². The minimum atomic E-state index is -0.112. The Morgan fingerprint density at radius 2 is 1.84 bits per heavy atom. The summed E-state index contributed by atoms with van der Waals surface area (Å²) in [5.74, 6) is 0.896. The van der Waals surface area contributed by atoms with Gasteiger partial charge in [-0.3, -0.25) is 0 Å². The molecule has 2 amide bonds. The lowest BCUT2D eigenvalue weighted by atomic mass is 10.1. The molecule has 136 valence electrons. The van der Waals surface area contributed by atoms with E-state index in [0.29, 0.717) is 6.54 Å². The van der Waals surface area contributed by atoms with E-state index in [1.54, 1.807) is 11.3 Å². The molecular formula is C20H28N2O2S. The highest BCUT2D eigenvalue weighted by molar-refractivity contribution is 7.11. The van der Waals surface area contributed by atoms with E-state index in [1.807, 2.05) is 32.9 Å². The third-order valence-electron chi connectivity index (χ3n) is 3.76. The molecule has 0 saturated carbocycles. The van der Waals surface area contributed by atoms with Gasteiger partial charge in [0.05, 0.1) is 12.6 Å². The number of hydrogen-bond acceptors (Lipinski definition) is 3. The summed E-state index contributed by atoms with van der Waals surface area (Å²) in [5, 5.41) is 5.91. The summed E-state index contributed by atoms with van der Waals surface area (Å²) >= 11 is 1.71. The highest BCUT2D eigenvalue weighted by atomic mass is 32.1. The van der Waals surface area contributed by atoms with Crippen LogP contribution in [-0.4, -0.2) is 18.2 Å². The van der Waals surface area contributed by atoms with Gasteiger partial charge in [0.2, 0.25) is 0 Å². The standard InChI is InChI=1S/C20H28N2O2S/c1-14(2)24-18-10-8-17(9-11-18)7-5-15(3)22-20(23)21-13-19-12-6-16(4)25-19/h6,8-12,14-15H,5,7,13H2,1-4H3,(H2,21,22,23). The van der Waals surface area contributed by atoms with E-state index in [4.69, 9.17) is 4.74 Å². The number of rotatable bonds is 8. The smallest absolute Gasteiger partial charge is 0.315 e. The maximum Gasteiger partial charge on any atom is 0.315 e. The molecule has 1 atom stereocenters. The van der Waals surface area contributed by atoms with Gasteiger partial charge in [-0.2, -0.15) is 0 Å². The number of carbonyl (C=O) groups is 1. The van der Waals surface area contributed by atoms with Gasteiger partial charge < -0.3 is 15.4 Å². The third kappa shape index (κ3) is 7.18. The fourth-order valence-electron chi connectivity index (χ4n) is 2.48. The van der Waals surface area contributed by atoms with Crippen molar-refractivity contribution in [1.29, 1.82) is 0 Å². The molecule has 2 rings (SSSR count). The zero-order chi connectivity index (χ0) is 18.2. The van der Waals surface area contributed by atoms with E-state index in [-0.39, 0.29) is 18.2 Å². The van der Waals surface area contributed by atoms with Crippen molar-refractivity contribution in [1.82, 2.24) is 10.6 Å². The summed E-state index contributed by atoms with van der Waals surface area (Å²) in [4.78, 5) is 14.4. The molecule has 0 bridgehead atoms. The first-order valence-electron chi connectivity index (χ1n) is 8.77. The Kier molecular flexibility index (Phi) is 7.31. The quantitative estimate of drug-likeness (QED) is 0.719. The van der Waals surface area contributed by atoms with Gasteiger partial charge in [0, 0.05) is 15.8 Å². The molecule has 0 saturated heterocycles. The van der Waals surface area contributed by atoms with Gasteiger partial charge in [0.1, 0.15) is 5.75 Å². The van der Waals surface area contributed by atoms with Crippen LogP contribution in [0.3, 0.4) is 0 Å². The Hall–Kier alpha value is -2.01. The van der Waals surface area contributed by atoms with Crippen molar-refractivity contribution in [3.63, 3.8) is 0 Å². The molecule has 0 fully saturated rings. The number of nitrogens with one attached hydrogen (secondary N) is 2. The van der Waals surface area contributed by atoms with Crippen molar-refractivity contribution in [2.24, 2.45) is 0 Å². The second-order valence-electron chi connectivity index (χ2n) is 6.59. The first kappa shape index (κ1) is 19.3. The molecule has 2 N–H and O–H groups in total. The van der Waals surface area contributed by atoms with Crippen LogP contribution in [0.2, 0.25) is 0 Å². The van der Waals surface area contributed by atoms with Crippen LogP contribution >= 0.6 is 11.3 Å². The molecule has 0 spiro atoms. The molecule has 1 aromatic heterocycles. The van der Waals surface area contributed by atoms with E-state index in [9.17, 15) is 4.79 Å². The Labute approximate surface area is 154 Å². The summed E-state index contributed by atoms with van der Waals surface area (Å²) in [5.41, 5.74) is 1.25. The monoisotopic (exact) mass is 360 g/mol. The summed E-state index contributed by atoms with van der Waals surface area (Å²) in [7, 11) is 0. The van der Waals surface area contributed by atoms with E-state index in [0.717, 1.165) is 18.6 Å². The lowest BCUT2D eigenvalue weighted by Gasteiger charge is -2.15. The summed E-state index contributed by atoms with van der Waals surface area (Å²) in [6.45, 7) is 8.72. The number of benzene rings is 1. The largest absolute Gasteiger partial charge is 0.491 e. The van der Waals surface area contributed by atoms with Gasteiger partial charge in [-0.25, -0.2) is 4.79 Å². The van der Waals surface area contributed by atoms with Crippen molar-refractivity contribution in [3.8, 4) is 5.75 Å². The summed E-state index contributed by atoms with van der Waals surface area (Å²) in [6, 6.07) is 12.3. The molecular weight excluding hydrogens is 332 g/mol. The lowest BCUT2D eigenvalue weighted by Crippen LogP contribution is -2.40. The van der Waals surface area contributed by atoms with E-state index < -0.39 is 0 Å². The SMILES string of the molecule is Cc1ccc(CNC(=O)NC(C)CCc2ccc(OC(C)C)cc2)s1. The number of urea groups is 1. The average molecular weight is 361 g/mol. The highest BCUT2D eigenvalue weighted by Gasteiger charge is 2.08. The van der Waals surface area contributed by atoms with Crippen LogP contribution in [-0.2, 0) is 13.0 Å². The number of aryl methyl sites for hydroxylation is 2. The zero-order valence-corrected chi connectivity index (χ0v) is 16.3. The third-order valence-corrected chi connectivity index (χ3v) is 4.76. The maximum absolute atomic E-state index is 12.0. The molecule has 4 nitrogen and oxygen atoms in total. The topological polar surface area (TPSA) is 50.4 Å². The lowest BCUT2D eigenvalue weighted by molar-refractivity contribution is 0.237. The van der Waals surface area contributed by atoms with E-state index >= 15 is 0 Å². The average Bonchev–Trinajstić information content (AvgIpc) is 2.97. The van der Waals surface area contributed by atoms with Crippen LogP contribution in [0.4, 0.5) is 4.79 Å². The highest BCUT2D eigenvalue weighted by Crippen LogP contribution is 2.16. The Bertz CT molecular complexity index is 665. The van der Waals surface area contributed by atoms with Gasteiger partial charge in [0.25, 0.3) is 0 Å². The van der Waals surface area contributed by atoms with Crippen molar-refractivity contribution >= 4 is 17.4 Å². The first-order valence-corrected chi connectivity index (χ1v) is 9.59. The van der Waals surface area contributed by atoms with Gasteiger partial charge >= 0.3 is 6.03 Å². The molecule has 0 aliphatic carbocycles. The number of ether oxygens (including phenoxy) is 1. The van der Waals surface area contributed by atoms with Crippen LogP contribution in [0.15, 0.2) is 36.4 Å². The molecule has 2 aromatic rings. The second kappa shape index (κ2) is 9.47. The minimum Gasteiger partial charge on any atom is -0.491 e.